The zero-order chi connectivity index (χ0) is 5.54. The van der Waals surface area contributed by atoms with Crippen molar-refractivity contribution in [3.8, 4) is 0 Å². The van der Waals surface area contributed by atoms with Gasteiger partial charge in [-0.05, 0) is 5.75 Å². The number of thioether (sulfide) groups is 1. The quantitative estimate of drug-likeness (QED) is 0.317. The molecular weight excluding hydrogens is 110 g/mol. The van der Waals surface area contributed by atoms with Gasteiger partial charge in [0.05, 0.1) is 5.55 Å². The lowest BCUT2D eigenvalue weighted by Crippen LogP contribution is -1.69. The molecular formula is C4H9NOS. The van der Waals surface area contributed by atoms with Crippen molar-refractivity contribution in [1.82, 2.24) is 0 Å². The molecule has 0 amide bonds. The Morgan fingerprint density at radius 3 is 3.00 bits per heavy atom. The molecule has 0 heterocycles. The molecule has 0 fully saturated rings. The molecule has 0 rings (SSSR count). The van der Waals surface area contributed by atoms with Crippen molar-refractivity contribution in [2.24, 2.45) is 5.16 Å². The number of oxime groups is 1. The van der Waals surface area contributed by atoms with E-state index in [1.54, 1.807) is 17.3 Å². The molecule has 7 heavy (non-hydrogen) atoms. The lowest BCUT2D eigenvalue weighted by Gasteiger charge is -1.82. The fourth-order valence-corrected chi connectivity index (χ4v) is 0.444. The first kappa shape index (κ1) is 6.82. The molecule has 2 nitrogen and oxygen atoms in total. The van der Waals surface area contributed by atoms with Crippen LogP contribution in [0.1, 0.15) is 6.92 Å². The van der Waals surface area contributed by atoms with Crippen LogP contribution in [0, 0.1) is 0 Å². The van der Waals surface area contributed by atoms with Gasteiger partial charge in [0.15, 0.2) is 0 Å². The lowest BCUT2D eigenvalue weighted by atomic mass is 11.0. The Morgan fingerprint density at radius 2 is 2.57 bits per heavy atom. The average molecular weight is 119 g/mol. The molecule has 0 saturated carbocycles. The third-order valence-corrected chi connectivity index (χ3v) is 0.958. The van der Waals surface area contributed by atoms with Crippen LogP contribution < -0.4 is 0 Å². The van der Waals surface area contributed by atoms with Gasteiger partial charge in [0, 0.05) is 0 Å². The minimum Gasteiger partial charge on any atom is -0.399 e. The van der Waals surface area contributed by atoms with Crippen LogP contribution in [-0.2, 0) is 4.84 Å². The van der Waals surface area contributed by atoms with Gasteiger partial charge >= 0.3 is 0 Å². The fraction of sp³-hybridized carbons (Fsp3) is 0.750. The summed E-state index contributed by atoms with van der Waals surface area (Å²) >= 11 is 1.62. The Hall–Kier alpha value is -0.180. The van der Waals surface area contributed by atoms with Gasteiger partial charge in [0.2, 0.25) is 0 Å². The highest BCUT2D eigenvalue weighted by Crippen LogP contribution is 1.90. The van der Waals surface area contributed by atoms with Crippen molar-refractivity contribution in [3.63, 3.8) is 0 Å². The van der Waals surface area contributed by atoms with Crippen molar-refractivity contribution >= 4 is 17.3 Å². The third-order valence-electron chi connectivity index (χ3n) is 0.390. The highest BCUT2D eigenvalue weighted by atomic mass is 32.2. The maximum atomic E-state index is 4.39. The Balaban J connectivity index is 2.78. The second-order valence-corrected chi connectivity index (χ2v) is 1.97. The predicted molar refractivity (Wildman–Crippen MR) is 33.6 cm³/mol. The highest BCUT2D eigenvalue weighted by Gasteiger charge is 1.69. The van der Waals surface area contributed by atoms with E-state index in [0.29, 0.717) is 0 Å². The molecule has 0 N–H and O–H groups in total. The summed E-state index contributed by atoms with van der Waals surface area (Å²) in [5.41, 5.74) is 1.68. The molecule has 0 unspecified atom stereocenters. The van der Waals surface area contributed by atoms with Gasteiger partial charge in [-0.2, -0.15) is 0 Å². The van der Waals surface area contributed by atoms with Crippen molar-refractivity contribution < 1.29 is 4.84 Å². The normalized spacial score (nSPS) is 10.0. The van der Waals surface area contributed by atoms with Crippen LogP contribution in [0.25, 0.3) is 0 Å². The van der Waals surface area contributed by atoms with E-state index in [4.69, 9.17) is 0 Å². The largest absolute Gasteiger partial charge is 0.399 e. The first-order valence-electron chi connectivity index (χ1n) is 2.08. The Kier molecular flexibility index (Phi) is 5.67. The van der Waals surface area contributed by atoms with Gasteiger partial charge in [-0.25, -0.2) is 0 Å². The van der Waals surface area contributed by atoms with E-state index < -0.39 is 0 Å². The number of hydrogen-bond donors (Lipinski definition) is 0. The molecule has 42 valence electrons. The van der Waals surface area contributed by atoms with Crippen LogP contribution in [-0.4, -0.2) is 18.4 Å². The predicted octanol–water partition coefficient (Wildman–Crippen LogP) is 1.33. The SMILES string of the molecule is CCS/C=N\OC. The highest BCUT2D eigenvalue weighted by molar-refractivity contribution is 8.12. The summed E-state index contributed by atoms with van der Waals surface area (Å²) in [6.07, 6.45) is 0. The summed E-state index contributed by atoms with van der Waals surface area (Å²) in [6.45, 7) is 2.06. The van der Waals surface area contributed by atoms with E-state index in [9.17, 15) is 0 Å². The van der Waals surface area contributed by atoms with Crippen molar-refractivity contribution in [3.05, 3.63) is 0 Å². The molecule has 3 heteroatoms. The first-order valence-corrected chi connectivity index (χ1v) is 3.13. The number of hydrogen-bond acceptors (Lipinski definition) is 3. The maximum absolute atomic E-state index is 4.39. The summed E-state index contributed by atoms with van der Waals surface area (Å²) in [6, 6.07) is 0. The maximum Gasteiger partial charge on any atom is 0.106 e. The van der Waals surface area contributed by atoms with Crippen molar-refractivity contribution in [2.75, 3.05) is 12.9 Å². The summed E-state index contributed by atoms with van der Waals surface area (Å²) in [7, 11) is 1.53. The zero-order valence-corrected chi connectivity index (χ0v) is 5.36. The van der Waals surface area contributed by atoms with Crippen LogP contribution in [0.2, 0.25) is 0 Å². The van der Waals surface area contributed by atoms with Gasteiger partial charge in [-0.1, -0.05) is 12.1 Å². The average Bonchev–Trinajstić information content (AvgIpc) is 1.69. The summed E-state index contributed by atoms with van der Waals surface area (Å²) in [5.74, 6) is 1.05. The zero-order valence-electron chi connectivity index (χ0n) is 4.55. The molecule has 0 bridgehead atoms. The summed E-state index contributed by atoms with van der Waals surface area (Å²) in [4.78, 5) is 4.39. The third kappa shape index (κ3) is 5.82. The molecule has 0 spiro atoms. The van der Waals surface area contributed by atoms with E-state index >= 15 is 0 Å². The van der Waals surface area contributed by atoms with Crippen LogP contribution >= 0.6 is 11.8 Å². The van der Waals surface area contributed by atoms with Crippen LogP contribution in [0.5, 0.6) is 0 Å². The van der Waals surface area contributed by atoms with Crippen molar-refractivity contribution in [1.29, 1.82) is 0 Å². The van der Waals surface area contributed by atoms with Crippen LogP contribution in [0.4, 0.5) is 0 Å². The number of nitrogens with zero attached hydrogens (tertiary/aromatic N) is 1. The molecule has 0 aliphatic rings. The first-order chi connectivity index (χ1) is 3.41. The van der Waals surface area contributed by atoms with E-state index in [-0.39, 0.29) is 0 Å². The monoisotopic (exact) mass is 119 g/mol. The van der Waals surface area contributed by atoms with Gasteiger partial charge in [-0.3, -0.25) is 0 Å². The van der Waals surface area contributed by atoms with Gasteiger partial charge in [0.25, 0.3) is 0 Å². The smallest absolute Gasteiger partial charge is 0.106 e. The standard InChI is InChI=1S/C4H9NOS/c1-3-7-4-5-6-2/h4H,3H2,1-2H3/b5-4-. The molecule has 0 radical (unpaired) electrons. The van der Waals surface area contributed by atoms with E-state index in [2.05, 4.69) is 16.9 Å². The molecule has 0 aromatic carbocycles. The van der Waals surface area contributed by atoms with Gasteiger partial charge < -0.3 is 4.84 Å². The Morgan fingerprint density at radius 1 is 1.86 bits per heavy atom. The lowest BCUT2D eigenvalue weighted by molar-refractivity contribution is 0.216. The molecule has 0 aromatic rings. The molecule has 0 saturated heterocycles. The van der Waals surface area contributed by atoms with Gasteiger partial charge in [0.1, 0.15) is 7.11 Å². The fourth-order valence-electron chi connectivity index (χ4n) is 0.148. The second kappa shape index (κ2) is 5.82. The van der Waals surface area contributed by atoms with E-state index in [0.717, 1.165) is 5.75 Å². The van der Waals surface area contributed by atoms with E-state index in [1.807, 2.05) is 0 Å². The summed E-state index contributed by atoms with van der Waals surface area (Å²) < 4.78 is 0. The topological polar surface area (TPSA) is 21.6 Å². The number of rotatable bonds is 3. The minimum atomic E-state index is 1.05. The van der Waals surface area contributed by atoms with Crippen LogP contribution in [0.3, 0.4) is 0 Å². The Labute approximate surface area is 47.9 Å². The van der Waals surface area contributed by atoms with Crippen molar-refractivity contribution in [2.45, 2.75) is 6.92 Å². The second-order valence-electron chi connectivity index (χ2n) is 0.849. The molecule has 0 aliphatic heterocycles. The van der Waals surface area contributed by atoms with Gasteiger partial charge in [-0.15, -0.1) is 11.8 Å². The van der Waals surface area contributed by atoms with E-state index in [1.165, 1.54) is 7.11 Å². The molecule has 0 atom stereocenters. The minimum absolute atomic E-state index is 1.05. The summed E-state index contributed by atoms with van der Waals surface area (Å²) in [5, 5.41) is 3.50. The molecule has 0 aliphatic carbocycles. The Bertz CT molecular complexity index is 55.7. The molecule has 0 aromatic heterocycles. The van der Waals surface area contributed by atoms with Crippen LogP contribution in [0.15, 0.2) is 5.16 Å².